The van der Waals surface area contributed by atoms with Gasteiger partial charge in [0.2, 0.25) is 0 Å². The van der Waals surface area contributed by atoms with Gasteiger partial charge >= 0.3 is 14.3 Å². The van der Waals surface area contributed by atoms with Crippen LogP contribution in [0.5, 0.6) is 0 Å². The highest BCUT2D eigenvalue weighted by Crippen LogP contribution is 2.43. The maximum atomic E-state index is 13.0. The van der Waals surface area contributed by atoms with Crippen LogP contribution in [0.1, 0.15) is 226 Å². The Morgan fingerprint density at radius 2 is 0.854 bits per heavy atom. The van der Waals surface area contributed by atoms with Crippen LogP contribution in [0.15, 0.2) is 0 Å². The second-order valence-electron chi connectivity index (χ2n) is 14.3. The van der Waals surface area contributed by atoms with Crippen molar-refractivity contribution in [2.24, 2.45) is 5.92 Å². The summed E-state index contributed by atoms with van der Waals surface area (Å²) in [6.45, 7) is 3.97. The zero-order valence-electron chi connectivity index (χ0n) is 31.5. The Morgan fingerprint density at radius 3 is 1.19 bits per heavy atom. The molecule has 0 aromatic carbocycles. The summed E-state index contributed by atoms with van der Waals surface area (Å²) in [6.07, 6.45) is 38.3. The van der Waals surface area contributed by atoms with Gasteiger partial charge in [0.1, 0.15) is 11.6 Å². The molecule has 48 heavy (non-hydrogen) atoms. The second kappa shape index (κ2) is 35.8. The zero-order chi connectivity index (χ0) is 35.4. The molecule has 284 valence electrons. The van der Waals surface area contributed by atoms with E-state index in [0.29, 0.717) is 12.8 Å². The number of ketones is 2. The summed E-state index contributed by atoms with van der Waals surface area (Å²) in [5.41, 5.74) is 0. The number of rotatable bonds is 40. The van der Waals surface area contributed by atoms with Crippen LogP contribution in [-0.2, 0) is 28.0 Å². The molecule has 0 amide bonds. The standard InChI is InChI=1S/C40H77O7P/c1-3-5-7-9-11-13-15-17-19-21-23-25-27-29-31-33-39(42)35-38(36-46-48(44,45)47-37-41)40(43)34-32-30-28-26-24-22-20-18-16-14-12-10-8-6-4-2/h37-38H,3-36H2,1-2H3,(H,44,45). The van der Waals surface area contributed by atoms with Crippen molar-refractivity contribution in [3.05, 3.63) is 0 Å². The maximum Gasteiger partial charge on any atom is 0.529 e. The number of Topliss-reactive ketones (excluding diaryl/α,β-unsaturated/α-hetero) is 2. The largest absolute Gasteiger partial charge is 0.529 e. The van der Waals surface area contributed by atoms with E-state index in [1.807, 2.05) is 0 Å². The van der Waals surface area contributed by atoms with E-state index in [2.05, 4.69) is 18.4 Å². The predicted molar refractivity (Wildman–Crippen MR) is 200 cm³/mol. The van der Waals surface area contributed by atoms with Gasteiger partial charge in [-0.2, -0.15) is 0 Å². The van der Waals surface area contributed by atoms with Crippen LogP contribution < -0.4 is 0 Å². The summed E-state index contributed by atoms with van der Waals surface area (Å²) in [5.74, 6) is -0.941. The summed E-state index contributed by atoms with van der Waals surface area (Å²) < 4.78 is 20.9. The predicted octanol–water partition coefficient (Wildman–Crippen LogP) is 12.9. The number of carbonyl (C=O) groups is 3. The highest BCUT2D eigenvalue weighted by molar-refractivity contribution is 7.47. The topological polar surface area (TPSA) is 107 Å². The van der Waals surface area contributed by atoms with E-state index in [1.54, 1.807) is 0 Å². The number of hydrogen-bond donors (Lipinski definition) is 1. The molecule has 0 saturated heterocycles. The lowest BCUT2D eigenvalue weighted by Crippen LogP contribution is -2.23. The molecular weight excluding hydrogens is 623 g/mol. The highest BCUT2D eigenvalue weighted by atomic mass is 31.2. The summed E-state index contributed by atoms with van der Waals surface area (Å²) >= 11 is 0. The molecule has 2 unspecified atom stereocenters. The molecule has 8 heteroatoms. The minimum atomic E-state index is -4.58. The lowest BCUT2D eigenvalue weighted by molar-refractivity contribution is -0.129. The fourth-order valence-electron chi connectivity index (χ4n) is 6.48. The van der Waals surface area contributed by atoms with Crippen molar-refractivity contribution in [1.29, 1.82) is 0 Å². The third-order valence-electron chi connectivity index (χ3n) is 9.63. The second-order valence-corrected chi connectivity index (χ2v) is 15.7. The van der Waals surface area contributed by atoms with Gasteiger partial charge in [-0.15, -0.1) is 0 Å². The maximum absolute atomic E-state index is 13.0. The van der Waals surface area contributed by atoms with Crippen molar-refractivity contribution in [2.75, 3.05) is 6.61 Å². The van der Waals surface area contributed by atoms with Crippen LogP contribution in [-0.4, -0.2) is 29.5 Å². The normalized spacial score (nSPS) is 13.3. The minimum absolute atomic E-state index is 0.00271. The molecule has 0 heterocycles. The van der Waals surface area contributed by atoms with E-state index < -0.39 is 20.3 Å². The van der Waals surface area contributed by atoms with Crippen LogP contribution in [0.2, 0.25) is 0 Å². The van der Waals surface area contributed by atoms with Crippen LogP contribution >= 0.6 is 7.82 Å². The Bertz CT molecular complexity index is 788. The van der Waals surface area contributed by atoms with Gasteiger partial charge in [0.15, 0.2) is 0 Å². The summed E-state index contributed by atoms with van der Waals surface area (Å²) in [5, 5.41) is 0. The SMILES string of the molecule is CCCCCCCCCCCCCCCCCC(=O)CC(COP(=O)(O)OC=O)C(=O)CCCCCCCCCCCCCCCCC. The fraction of sp³-hybridized carbons (Fsp3) is 0.925. The van der Waals surface area contributed by atoms with Gasteiger partial charge in [0.05, 0.1) is 6.61 Å². The molecule has 0 radical (unpaired) electrons. The smallest absolute Gasteiger partial charge is 0.373 e. The molecule has 7 nitrogen and oxygen atoms in total. The number of hydrogen-bond acceptors (Lipinski definition) is 6. The average Bonchev–Trinajstić information content (AvgIpc) is 3.06. The lowest BCUT2D eigenvalue weighted by atomic mass is 9.92. The fourth-order valence-corrected chi connectivity index (χ4v) is 7.02. The molecule has 0 bridgehead atoms. The number of phosphoric ester groups is 1. The zero-order valence-corrected chi connectivity index (χ0v) is 32.4. The first-order valence-electron chi connectivity index (χ1n) is 20.5. The van der Waals surface area contributed by atoms with Gasteiger partial charge in [-0.25, -0.2) is 4.57 Å². The monoisotopic (exact) mass is 701 g/mol. The Morgan fingerprint density at radius 1 is 0.542 bits per heavy atom. The van der Waals surface area contributed by atoms with E-state index >= 15 is 0 Å². The molecule has 0 aromatic heterocycles. The molecule has 0 aliphatic heterocycles. The molecule has 0 rings (SSSR count). The van der Waals surface area contributed by atoms with Crippen LogP contribution in [0.4, 0.5) is 0 Å². The number of unbranched alkanes of at least 4 members (excludes halogenated alkanes) is 28. The van der Waals surface area contributed by atoms with Gasteiger partial charge in [0.25, 0.3) is 0 Å². The van der Waals surface area contributed by atoms with Crippen molar-refractivity contribution in [2.45, 2.75) is 226 Å². The Balaban J connectivity index is 4.09. The number of phosphoric acid groups is 1. The molecule has 0 fully saturated rings. The average molecular weight is 701 g/mol. The minimum Gasteiger partial charge on any atom is -0.373 e. The van der Waals surface area contributed by atoms with Gasteiger partial charge in [-0.3, -0.25) is 23.8 Å². The van der Waals surface area contributed by atoms with Crippen molar-refractivity contribution in [3.8, 4) is 0 Å². The Kier molecular flexibility index (Phi) is 35.0. The van der Waals surface area contributed by atoms with Crippen molar-refractivity contribution in [3.63, 3.8) is 0 Å². The van der Waals surface area contributed by atoms with E-state index in [4.69, 9.17) is 4.52 Å². The van der Waals surface area contributed by atoms with Crippen molar-refractivity contribution in [1.82, 2.24) is 0 Å². The van der Waals surface area contributed by atoms with E-state index in [9.17, 15) is 23.8 Å². The van der Waals surface area contributed by atoms with Crippen LogP contribution in [0, 0.1) is 5.92 Å². The first-order chi connectivity index (χ1) is 23.4. The lowest BCUT2D eigenvalue weighted by Gasteiger charge is -2.17. The van der Waals surface area contributed by atoms with Gasteiger partial charge in [0, 0.05) is 25.2 Å². The summed E-state index contributed by atoms with van der Waals surface area (Å²) in [4.78, 5) is 45.9. The molecule has 0 aromatic rings. The van der Waals surface area contributed by atoms with Crippen LogP contribution in [0.3, 0.4) is 0 Å². The molecule has 1 N–H and O–H groups in total. The van der Waals surface area contributed by atoms with Gasteiger partial charge in [-0.05, 0) is 12.8 Å². The molecule has 2 atom stereocenters. The summed E-state index contributed by atoms with van der Waals surface area (Å²) in [7, 11) is -4.58. The third kappa shape index (κ3) is 33.5. The van der Waals surface area contributed by atoms with Crippen LogP contribution in [0.25, 0.3) is 0 Å². The quantitative estimate of drug-likeness (QED) is 0.0385. The Labute approximate surface area is 296 Å². The molecule has 0 aliphatic rings. The molecule has 0 spiro atoms. The number of carbonyl (C=O) groups excluding carboxylic acids is 3. The van der Waals surface area contributed by atoms with Crippen molar-refractivity contribution < 1.29 is 32.9 Å². The van der Waals surface area contributed by atoms with E-state index in [-0.39, 0.29) is 24.5 Å². The molecule has 0 aliphatic carbocycles. The third-order valence-corrected chi connectivity index (χ3v) is 10.5. The van der Waals surface area contributed by atoms with Crippen molar-refractivity contribution >= 4 is 25.9 Å². The molecular formula is C40H77O7P. The van der Waals surface area contributed by atoms with E-state index in [1.165, 1.54) is 154 Å². The first kappa shape index (κ1) is 47.0. The highest BCUT2D eigenvalue weighted by Gasteiger charge is 2.28. The van der Waals surface area contributed by atoms with E-state index in [0.717, 1.165) is 38.5 Å². The van der Waals surface area contributed by atoms with Gasteiger partial charge in [-0.1, -0.05) is 194 Å². The summed E-state index contributed by atoms with van der Waals surface area (Å²) in [6, 6.07) is 0. The molecule has 0 saturated carbocycles. The first-order valence-corrected chi connectivity index (χ1v) is 22.0. The van der Waals surface area contributed by atoms with Gasteiger partial charge < -0.3 is 4.52 Å². The Hall–Kier alpha value is -1.04.